The topological polar surface area (TPSA) is 102 Å². The SMILES string of the molecule is COc1ccc2c(C(O)c3cc(OC)c(OC)c(OC)c3)c(-c3ccc(OC)c(O)c3)[nH]c2c1. The normalized spacial score (nSPS) is 11.8. The monoisotopic (exact) mass is 465 g/mol. The maximum atomic E-state index is 11.6. The van der Waals surface area contributed by atoms with E-state index in [1.54, 1.807) is 31.4 Å². The first-order chi connectivity index (χ1) is 16.4. The molecule has 3 aromatic carbocycles. The van der Waals surface area contributed by atoms with Crippen molar-refractivity contribution in [2.75, 3.05) is 35.5 Å². The largest absolute Gasteiger partial charge is 0.504 e. The van der Waals surface area contributed by atoms with Gasteiger partial charge < -0.3 is 38.9 Å². The maximum Gasteiger partial charge on any atom is 0.203 e. The van der Waals surface area contributed by atoms with Crippen LogP contribution in [0, 0.1) is 0 Å². The Labute approximate surface area is 197 Å². The van der Waals surface area contributed by atoms with Crippen LogP contribution >= 0.6 is 0 Å². The summed E-state index contributed by atoms with van der Waals surface area (Å²) in [4.78, 5) is 3.37. The Morgan fingerprint density at radius 1 is 0.735 bits per heavy atom. The molecule has 3 N–H and O–H groups in total. The Balaban J connectivity index is 1.95. The highest BCUT2D eigenvalue weighted by Gasteiger charge is 2.25. The molecule has 0 aliphatic rings. The van der Waals surface area contributed by atoms with Gasteiger partial charge in [-0.3, -0.25) is 0 Å². The van der Waals surface area contributed by atoms with Gasteiger partial charge in [0, 0.05) is 28.1 Å². The molecule has 0 amide bonds. The molecule has 0 fully saturated rings. The molecule has 0 bridgehead atoms. The number of aromatic hydroxyl groups is 1. The van der Waals surface area contributed by atoms with Crippen LogP contribution in [0.5, 0.6) is 34.5 Å². The van der Waals surface area contributed by atoms with Crippen LogP contribution in [0.3, 0.4) is 0 Å². The molecule has 8 heteroatoms. The lowest BCUT2D eigenvalue weighted by Crippen LogP contribution is -2.04. The summed E-state index contributed by atoms with van der Waals surface area (Å²) in [5, 5.41) is 22.8. The third kappa shape index (κ3) is 3.92. The minimum absolute atomic E-state index is 0.00976. The second kappa shape index (κ2) is 9.44. The molecule has 8 nitrogen and oxygen atoms in total. The van der Waals surface area contributed by atoms with Crippen LogP contribution in [0.25, 0.3) is 22.2 Å². The van der Waals surface area contributed by atoms with E-state index in [-0.39, 0.29) is 5.75 Å². The van der Waals surface area contributed by atoms with Gasteiger partial charge in [-0.2, -0.15) is 0 Å². The molecule has 1 atom stereocenters. The molecule has 0 aliphatic carbocycles. The van der Waals surface area contributed by atoms with Gasteiger partial charge in [-0.05, 0) is 48.0 Å². The van der Waals surface area contributed by atoms with Gasteiger partial charge in [0.25, 0.3) is 0 Å². The second-order valence-electron chi connectivity index (χ2n) is 7.57. The number of phenols is 1. The lowest BCUT2D eigenvalue weighted by molar-refractivity contribution is 0.220. The van der Waals surface area contributed by atoms with E-state index < -0.39 is 6.10 Å². The van der Waals surface area contributed by atoms with E-state index in [1.807, 2.05) is 24.3 Å². The summed E-state index contributed by atoms with van der Waals surface area (Å²) in [6.07, 6.45) is -1.06. The molecule has 0 radical (unpaired) electrons. The lowest BCUT2D eigenvalue weighted by Gasteiger charge is -2.18. The van der Waals surface area contributed by atoms with Crippen molar-refractivity contribution in [3.05, 3.63) is 59.7 Å². The summed E-state index contributed by atoms with van der Waals surface area (Å²) >= 11 is 0. The van der Waals surface area contributed by atoms with Crippen molar-refractivity contribution in [2.45, 2.75) is 6.10 Å². The highest BCUT2D eigenvalue weighted by molar-refractivity contribution is 5.93. The summed E-state index contributed by atoms with van der Waals surface area (Å²) in [5.41, 5.74) is 3.25. The molecule has 4 aromatic rings. The molecule has 0 spiro atoms. The summed E-state index contributed by atoms with van der Waals surface area (Å²) in [7, 11) is 7.66. The van der Waals surface area contributed by atoms with Gasteiger partial charge >= 0.3 is 0 Å². The molecular formula is C26H27NO7. The molecule has 0 saturated heterocycles. The number of nitrogens with one attached hydrogen (secondary N) is 1. The number of H-pyrrole nitrogens is 1. The number of aromatic amines is 1. The Morgan fingerprint density at radius 2 is 1.41 bits per heavy atom. The predicted octanol–water partition coefficient (Wildman–Crippen LogP) is 4.67. The van der Waals surface area contributed by atoms with Crippen LogP contribution in [-0.2, 0) is 0 Å². The number of methoxy groups -OCH3 is 5. The Morgan fingerprint density at radius 3 is 1.97 bits per heavy atom. The zero-order valence-electron chi connectivity index (χ0n) is 19.6. The number of rotatable bonds is 8. The number of phenolic OH excluding ortho intramolecular Hbond substituents is 1. The van der Waals surface area contributed by atoms with E-state index in [2.05, 4.69) is 4.98 Å². The Kier molecular flexibility index (Phi) is 6.43. The summed E-state index contributed by atoms with van der Waals surface area (Å²) < 4.78 is 26.9. The van der Waals surface area contributed by atoms with Crippen LogP contribution in [-0.4, -0.2) is 50.7 Å². The average molecular weight is 466 g/mol. The molecule has 1 unspecified atom stereocenters. The summed E-state index contributed by atoms with van der Waals surface area (Å²) in [6, 6.07) is 14.1. The van der Waals surface area contributed by atoms with Crippen LogP contribution in [0.2, 0.25) is 0 Å². The number of hydrogen-bond acceptors (Lipinski definition) is 7. The number of fused-ring (bicyclic) bond motifs is 1. The number of benzene rings is 3. The second-order valence-corrected chi connectivity index (χ2v) is 7.57. The van der Waals surface area contributed by atoms with Crippen molar-refractivity contribution in [2.24, 2.45) is 0 Å². The molecular weight excluding hydrogens is 438 g/mol. The number of aliphatic hydroxyl groups is 1. The molecule has 178 valence electrons. The van der Waals surface area contributed by atoms with Gasteiger partial charge in [0.15, 0.2) is 23.0 Å². The minimum Gasteiger partial charge on any atom is -0.504 e. The van der Waals surface area contributed by atoms with E-state index >= 15 is 0 Å². The Hall–Kier alpha value is -4.04. The molecule has 4 rings (SSSR count). The van der Waals surface area contributed by atoms with E-state index in [0.29, 0.717) is 51.1 Å². The van der Waals surface area contributed by atoms with E-state index in [9.17, 15) is 10.2 Å². The van der Waals surface area contributed by atoms with Gasteiger partial charge in [-0.15, -0.1) is 0 Å². The van der Waals surface area contributed by atoms with Crippen LogP contribution in [0.4, 0.5) is 0 Å². The van der Waals surface area contributed by atoms with Crippen LogP contribution < -0.4 is 23.7 Å². The van der Waals surface area contributed by atoms with Gasteiger partial charge in [0.1, 0.15) is 11.9 Å². The number of aliphatic hydroxyl groups excluding tert-OH is 1. The molecule has 1 heterocycles. The predicted molar refractivity (Wildman–Crippen MR) is 129 cm³/mol. The first-order valence-electron chi connectivity index (χ1n) is 10.5. The molecule has 0 saturated carbocycles. The molecule has 34 heavy (non-hydrogen) atoms. The highest BCUT2D eigenvalue weighted by atomic mass is 16.5. The third-order valence-electron chi connectivity index (χ3n) is 5.79. The van der Waals surface area contributed by atoms with Crippen LogP contribution in [0.1, 0.15) is 17.2 Å². The number of hydrogen-bond donors (Lipinski definition) is 3. The van der Waals surface area contributed by atoms with E-state index in [1.165, 1.54) is 28.4 Å². The number of aromatic nitrogens is 1. The van der Waals surface area contributed by atoms with E-state index in [0.717, 1.165) is 10.9 Å². The summed E-state index contributed by atoms with van der Waals surface area (Å²) in [6.45, 7) is 0. The van der Waals surface area contributed by atoms with Crippen molar-refractivity contribution in [3.63, 3.8) is 0 Å². The molecule has 1 aromatic heterocycles. The van der Waals surface area contributed by atoms with Crippen molar-refractivity contribution in [3.8, 4) is 45.8 Å². The zero-order chi connectivity index (χ0) is 24.4. The van der Waals surface area contributed by atoms with Gasteiger partial charge in [0.05, 0.1) is 41.2 Å². The Bertz CT molecular complexity index is 1300. The first-order valence-corrected chi connectivity index (χ1v) is 10.5. The lowest BCUT2D eigenvalue weighted by atomic mass is 9.95. The quantitative estimate of drug-likeness (QED) is 0.348. The third-order valence-corrected chi connectivity index (χ3v) is 5.79. The van der Waals surface area contributed by atoms with Crippen molar-refractivity contribution in [1.82, 2.24) is 4.98 Å². The van der Waals surface area contributed by atoms with Crippen LogP contribution in [0.15, 0.2) is 48.5 Å². The smallest absolute Gasteiger partial charge is 0.203 e. The highest BCUT2D eigenvalue weighted by Crippen LogP contribution is 2.44. The fourth-order valence-corrected chi connectivity index (χ4v) is 4.11. The van der Waals surface area contributed by atoms with Crippen molar-refractivity contribution < 1.29 is 33.9 Å². The zero-order valence-corrected chi connectivity index (χ0v) is 19.6. The first kappa shape index (κ1) is 23.1. The number of ether oxygens (including phenoxy) is 5. The average Bonchev–Trinajstić information content (AvgIpc) is 3.25. The van der Waals surface area contributed by atoms with E-state index in [4.69, 9.17) is 23.7 Å². The maximum absolute atomic E-state index is 11.6. The minimum atomic E-state index is -1.06. The summed E-state index contributed by atoms with van der Waals surface area (Å²) in [5.74, 6) is 2.32. The standard InChI is InChI=1S/C26H27NO7/c1-30-16-7-8-17-18(13-16)27-24(14-6-9-20(31-2)19(28)10-14)23(17)25(29)15-11-21(32-3)26(34-5)22(12-15)33-4/h6-13,25,27-29H,1-5H3. The van der Waals surface area contributed by atoms with Gasteiger partial charge in [-0.25, -0.2) is 0 Å². The van der Waals surface area contributed by atoms with Gasteiger partial charge in [-0.1, -0.05) is 0 Å². The van der Waals surface area contributed by atoms with Crippen molar-refractivity contribution >= 4 is 10.9 Å². The molecule has 0 aliphatic heterocycles. The van der Waals surface area contributed by atoms with Crippen molar-refractivity contribution in [1.29, 1.82) is 0 Å². The fraction of sp³-hybridized carbons (Fsp3) is 0.231. The van der Waals surface area contributed by atoms with Gasteiger partial charge in [0.2, 0.25) is 5.75 Å². The fourth-order valence-electron chi connectivity index (χ4n) is 4.11.